The molecule has 1 aromatic carbocycles. The Bertz CT molecular complexity index is 584. The number of carboxylic acids is 1. The number of carbonyl (C=O) groups is 2. The van der Waals surface area contributed by atoms with Crippen molar-refractivity contribution in [2.24, 2.45) is 0 Å². The number of hydrogen-bond donors (Lipinski definition) is 2. The minimum absolute atomic E-state index is 0.120. The third-order valence-electron chi connectivity index (χ3n) is 2.74. The van der Waals surface area contributed by atoms with Crippen molar-refractivity contribution >= 4 is 11.9 Å². The van der Waals surface area contributed by atoms with Gasteiger partial charge in [-0.05, 0) is 31.0 Å². The third kappa shape index (κ3) is 7.35. The zero-order chi connectivity index (χ0) is 17.5. The summed E-state index contributed by atoms with van der Waals surface area (Å²) in [6.07, 6.45) is -1.71. The maximum absolute atomic E-state index is 12.1. The summed E-state index contributed by atoms with van der Waals surface area (Å²) in [4.78, 5) is 22.8. The van der Waals surface area contributed by atoms with Gasteiger partial charge in [0, 0.05) is 0 Å². The molecule has 0 saturated carbocycles. The number of carbonyl (C=O) groups excluding carboxylic acids is 1. The lowest BCUT2D eigenvalue weighted by molar-refractivity contribution is -0.274. The smallest absolute Gasteiger partial charge is 0.480 e. The third-order valence-corrected chi connectivity index (χ3v) is 2.74. The lowest BCUT2D eigenvalue weighted by Gasteiger charge is -2.13. The molecule has 0 bridgehead atoms. The number of amides is 1. The average Bonchev–Trinajstić information content (AvgIpc) is 2.41. The minimum atomic E-state index is -4.82. The maximum Gasteiger partial charge on any atom is 0.573 e. The Morgan fingerprint density at radius 1 is 1.39 bits per heavy atom. The van der Waals surface area contributed by atoms with Crippen LogP contribution in [0.2, 0.25) is 0 Å². The molecule has 0 aliphatic carbocycles. The number of halogens is 3. The van der Waals surface area contributed by atoms with E-state index in [1.54, 1.807) is 19.1 Å². The van der Waals surface area contributed by atoms with E-state index in [-0.39, 0.29) is 18.4 Å². The molecule has 0 aromatic heterocycles. The number of allylic oxidation sites excluding steroid dienone is 1. The van der Waals surface area contributed by atoms with Crippen molar-refractivity contribution in [3.05, 3.63) is 42.0 Å². The van der Waals surface area contributed by atoms with E-state index in [4.69, 9.17) is 5.11 Å². The first-order valence-electron chi connectivity index (χ1n) is 6.69. The molecule has 1 atom stereocenters. The second-order valence-corrected chi connectivity index (χ2v) is 4.64. The molecule has 126 valence electrons. The normalized spacial score (nSPS) is 12.9. The predicted molar refractivity (Wildman–Crippen MR) is 75.8 cm³/mol. The zero-order valence-electron chi connectivity index (χ0n) is 12.3. The number of ether oxygens (including phenoxy) is 1. The fourth-order valence-corrected chi connectivity index (χ4v) is 1.78. The number of aliphatic carboxylic acids is 1. The summed E-state index contributed by atoms with van der Waals surface area (Å²) in [6, 6.07) is 3.87. The van der Waals surface area contributed by atoms with Crippen LogP contribution in [0.25, 0.3) is 0 Å². The van der Waals surface area contributed by atoms with Gasteiger partial charge in [-0.25, -0.2) is 4.79 Å². The molecule has 1 rings (SSSR count). The van der Waals surface area contributed by atoms with Crippen LogP contribution in [-0.2, 0) is 16.0 Å². The molecule has 1 amide bonds. The van der Waals surface area contributed by atoms with E-state index in [9.17, 15) is 22.8 Å². The highest BCUT2D eigenvalue weighted by molar-refractivity contribution is 5.85. The molecule has 0 aliphatic heterocycles. The van der Waals surface area contributed by atoms with Crippen molar-refractivity contribution in [2.75, 3.05) is 0 Å². The van der Waals surface area contributed by atoms with E-state index in [0.717, 1.165) is 12.1 Å². The van der Waals surface area contributed by atoms with E-state index < -0.39 is 30.0 Å². The van der Waals surface area contributed by atoms with Crippen molar-refractivity contribution < 1.29 is 32.6 Å². The van der Waals surface area contributed by atoms with Crippen LogP contribution in [0, 0.1) is 0 Å². The summed E-state index contributed by atoms with van der Waals surface area (Å²) >= 11 is 0. The highest BCUT2D eigenvalue weighted by Crippen LogP contribution is 2.23. The van der Waals surface area contributed by atoms with Crippen LogP contribution < -0.4 is 10.1 Å². The highest BCUT2D eigenvalue weighted by atomic mass is 19.4. The molecule has 5 nitrogen and oxygen atoms in total. The van der Waals surface area contributed by atoms with Gasteiger partial charge < -0.3 is 15.2 Å². The zero-order valence-corrected chi connectivity index (χ0v) is 12.3. The van der Waals surface area contributed by atoms with Crippen molar-refractivity contribution in [2.45, 2.75) is 32.2 Å². The van der Waals surface area contributed by atoms with Crippen molar-refractivity contribution in [3.8, 4) is 5.75 Å². The molecule has 8 heteroatoms. The van der Waals surface area contributed by atoms with Crippen LogP contribution in [0.3, 0.4) is 0 Å². The second kappa shape index (κ2) is 8.21. The first-order valence-corrected chi connectivity index (χ1v) is 6.69. The highest BCUT2D eigenvalue weighted by Gasteiger charge is 2.31. The first-order chi connectivity index (χ1) is 10.7. The molecule has 1 unspecified atom stereocenters. The Balaban J connectivity index is 2.69. The largest absolute Gasteiger partial charge is 0.573 e. The Kier molecular flexibility index (Phi) is 6.62. The monoisotopic (exact) mass is 331 g/mol. The van der Waals surface area contributed by atoms with E-state index in [1.807, 2.05) is 0 Å². The predicted octanol–water partition coefficient (Wildman–Crippen LogP) is 2.66. The molecule has 2 N–H and O–H groups in total. The van der Waals surface area contributed by atoms with Crippen LogP contribution in [0.4, 0.5) is 13.2 Å². The molecular formula is C15H16F3NO4. The standard InChI is InChI=1S/C15H16F3NO4/c1-2-3-7-12(14(21)22)19-13(20)9-10-5-4-6-11(8-10)23-15(16,17)18/h2-6,8,12H,7,9H2,1H3,(H,19,20)(H,21,22)/b3-2+. The van der Waals surface area contributed by atoms with E-state index in [2.05, 4.69) is 10.1 Å². The Morgan fingerprint density at radius 3 is 2.65 bits per heavy atom. The van der Waals surface area contributed by atoms with Gasteiger partial charge >= 0.3 is 12.3 Å². The molecular weight excluding hydrogens is 315 g/mol. The van der Waals surface area contributed by atoms with Crippen molar-refractivity contribution in [1.29, 1.82) is 0 Å². The van der Waals surface area contributed by atoms with Gasteiger partial charge in [-0.15, -0.1) is 13.2 Å². The van der Waals surface area contributed by atoms with Gasteiger partial charge in [-0.1, -0.05) is 24.3 Å². The fraction of sp³-hybridized carbons (Fsp3) is 0.333. The summed E-state index contributed by atoms with van der Waals surface area (Å²) in [5, 5.41) is 11.3. The van der Waals surface area contributed by atoms with Crippen molar-refractivity contribution in [3.63, 3.8) is 0 Å². The lowest BCUT2D eigenvalue weighted by Crippen LogP contribution is -2.41. The Morgan fingerprint density at radius 2 is 2.09 bits per heavy atom. The van der Waals surface area contributed by atoms with Gasteiger partial charge in [-0.2, -0.15) is 0 Å². The summed E-state index contributed by atoms with van der Waals surface area (Å²) in [5.41, 5.74) is 0.277. The molecule has 0 radical (unpaired) electrons. The van der Waals surface area contributed by atoms with Crippen LogP contribution in [-0.4, -0.2) is 29.4 Å². The van der Waals surface area contributed by atoms with Gasteiger partial charge in [0.15, 0.2) is 0 Å². The van der Waals surface area contributed by atoms with E-state index in [1.165, 1.54) is 12.1 Å². The van der Waals surface area contributed by atoms with Crippen molar-refractivity contribution in [1.82, 2.24) is 5.32 Å². The van der Waals surface area contributed by atoms with Crippen LogP contribution in [0.5, 0.6) is 5.75 Å². The van der Waals surface area contributed by atoms with Crippen LogP contribution in [0.15, 0.2) is 36.4 Å². The number of carboxylic acid groups (broad SMARTS) is 1. The van der Waals surface area contributed by atoms with Gasteiger partial charge in [0.2, 0.25) is 5.91 Å². The maximum atomic E-state index is 12.1. The topological polar surface area (TPSA) is 75.6 Å². The van der Waals surface area contributed by atoms with E-state index >= 15 is 0 Å². The summed E-state index contributed by atoms with van der Waals surface area (Å²) in [7, 11) is 0. The number of benzene rings is 1. The summed E-state index contributed by atoms with van der Waals surface area (Å²) in [6.45, 7) is 1.72. The Hall–Kier alpha value is -2.51. The van der Waals surface area contributed by atoms with Gasteiger partial charge in [0.25, 0.3) is 0 Å². The number of hydrogen-bond acceptors (Lipinski definition) is 3. The molecule has 0 fully saturated rings. The summed E-state index contributed by atoms with van der Waals surface area (Å²) in [5.74, 6) is -2.23. The van der Waals surface area contributed by atoms with Crippen LogP contribution >= 0.6 is 0 Å². The summed E-state index contributed by atoms with van der Waals surface area (Å²) < 4.78 is 40.2. The molecule has 1 aromatic rings. The van der Waals surface area contributed by atoms with Gasteiger partial charge in [-0.3, -0.25) is 4.79 Å². The molecule has 0 saturated heterocycles. The molecule has 0 heterocycles. The Labute approximate surface area is 130 Å². The lowest BCUT2D eigenvalue weighted by atomic mass is 10.1. The number of rotatable bonds is 7. The molecule has 0 spiro atoms. The fourth-order valence-electron chi connectivity index (χ4n) is 1.78. The SMILES string of the molecule is C/C=C/CC(NC(=O)Cc1cccc(OC(F)(F)F)c1)C(=O)O. The van der Waals surface area contributed by atoms with Gasteiger partial charge in [0.05, 0.1) is 6.42 Å². The molecule has 0 aliphatic rings. The second-order valence-electron chi connectivity index (χ2n) is 4.64. The minimum Gasteiger partial charge on any atom is -0.480 e. The number of nitrogens with one attached hydrogen (secondary N) is 1. The van der Waals surface area contributed by atoms with E-state index in [0.29, 0.717) is 0 Å². The number of alkyl halides is 3. The average molecular weight is 331 g/mol. The van der Waals surface area contributed by atoms with Crippen LogP contribution in [0.1, 0.15) is 18.9 Å². The molecule has 23 heavy (non-hydrogen) atoms. The first kappa shape index (κ1) is 18.5. The quantitative estimate of drug-likeness (QED) is 0.753. The van der Waals surface area contributed by atoms with Gasteiger partial charge in [0.1, 0.15) is 11.8 Å².